The second-order valence-electron chi connectivity index (χ2n) is 6.19. The molecule has 1 aliphatic rings. The first kappa shape index (κ1) is 18.1. The van der Waals surface area contributed by atoms with Crippen molar-refractivity contribution in [3.8, 4) is 0 Å². The van der Waals surface area contributed by atoms with Crippen molar-refractivity contribution >= 4 is 33.0 Å². The number of benzene rings is 1. The van der Waals surface area contributed by atoms with Crippen LogP contribution < -0.4 is 5.32 Å². The first-order valence-corrected chi connectivity index (χ1v) is 10.9. The number of carbonyl (C=O) groups excluding carboxylic acids is 1. The van der Waals surface area contributed by atoms with Gasteiger partial charge in [-0.1, -0.05) is 19.1 Å². The second-order valence-corrected chi connectivity index (χ2v) is 9.31. The molecule has 0 atom stereocenters. The van der Waals surface area contributed by atoms with Crippen LogP contribution >= 0.6 is 11.3 Å². The monoisotopic (exact) mass is 378 g/mol. The molecule has 1 amide bonds. The van der Waals surface area contributed by atoms with E-state index in [1.165, 1.54) is 0 Å². The fraction of sp³-hybridized carbons (Fsp3) is 0.389. The molecule has 2 aromatic rings. The fourth-order valence-corrected chi connectivity index (χ4v) is 5.19. The molecule has 1 N–H and O–H groups in total. The number of fused-ring (bicyclic) bond motifs is 1. The van der Waals surface area contributed by atoms with Crippen LogP contribution in [0.1, 0.15) is 29.3 Å². The number of nitrogens with one attached hydrogen (secondary N) is 1. The predicted octanol–water partition coefficient (Wildman–Crippen LogP) is 3.03. The molecule has 0 saturated carbocycles. The number of amides is 1. The van der Waals surface area contributed by atoms with Crippen LogP contribution in [-0.2, 0) is 34.2 Å². The summed E-state index contributed by atoms with van der Waals surface area (Å²) in [7, 11) is -3.20. The highest BCUT2D eigenvalue weighted by molar-refractivity contribution is 7.89. The topological polar surface area (TPSA) is 66.5 Å². The zero-order valence-electron chi connectivity index (χ0n) is 14.2. The molecule has 25 heavy (non-hydrogen) atoms. The van der Waals surface area contributed by atoms with Gasteiger partial charge in [0, 0.05) is 23.7 Å². The van der Waals surface area contributed by atoms with Crippen molar-refractivity contribution in [2.45, 2.75) is 32.7 Å². The minimum absolute atomic E-state index is 0.0614. The highest BCUT2D eigenvalue weighted by Gasteiger charge is 2.26. The molecule has 1 aromatic heterocycles. The summed E-state index contributed by atoms with van der Waals surface area (Å²) in [6.07, 6.45) is 1.68. The molecule has 0 unspecified atom stereocenters. The van der Waals surface area contributed by atoms with Gasteiger partial charge in [0.05, 0.1) is 12.2 Å². The summed E-state index contributed by atoms with van der Waals surface area (Å²) >= 11 is 1.56. The largest absolute Gasteiger partial charge is 0.326 e. The quantitative estimate of drug-likeness (QED) is 0.840. The van der Waals surface area contributed by atoms with Crippen molar-refractivity contribution in [2.24, 2.45) is 0 Å². The SMILES string of the molecule is CCCS(=O)(=O)N1CCc2ccc(NC(=O)Cc3cccs3)cc2C1. The van der Waals surface area contributed by atoms with Gasteiger partial charge in [0.1, 0.15) is 0 Å². The molecule has 0 bridgehead atoms. The lowest BCUT2D eigenvalue weighted by molar-refractivity contribution is -0.115. The smallest absolute Gasteiger partial charge is 0.229 e. The minimum Gasteiger partial charge on any atom is -0.326 e. The zero-order valence-corrected chi connectivity index (χ0v) is 15.8. The fourth-order valence-electron chi connectivity index (χ4n) is 3.01. The van der Waals surface area contributed by atoms with E-state index in [0.29, 0.717) is 32.4 Å². The maximum atomic E-state index is 12.3. The van der Waals surface area contributed by atoms with E-state index in [4.69, 9.17) is 0 Å². The molecule has 0 aliphatic carbocycles. The molecule has 2 heterocycles. The van der Waals surface area contributed by atoms with Gasteiger partial charge in [0.25, 0.3) is 0 Å². The average molecular weight is 379 g/mol. The van der Waals surface area contributed by atoms with Gasteiger partial charge in [-0.15, -0.1) is 11.3 Å². The van der Waals surface area contributed by atoms with Gasteiger partial charge in [-0.05, 0) is 47.5 Å². The zero-order chi connectivity index (χ0) is 17.9. The molecule has 3 rings (SSSR count). The number of hydrogen-bond acceptors (Lipinski definition) is 4. The molecule has 0 spiro atoms. The van der Waals surface area contributed by atoms with E-state index in [-0.39, 0.29) is 11.7 Å². The Balaban J connectivity index is 1.70. The van der Waals surface area contributed by atoms with Crippen LogP contribution in [0.3, 0.4) is 0 Å². The summed E-state index contributed by atoms with van der Waals surface area (Å²) in [6, 6.07) is 9.64. The van der Waals surface area contributed by atoms with Gasteiger partial charge >= 0.3 is 0 Å². The van der Waals surface area contributed by atoms with Crippen LogP contribution in [-0.4, -0.2) is 30.9 Å². The number of rotatable bonds is 6. The molecule has 0 saturated heterocycles. The summed E-state index contributed by atoms with van der Waals surface area (Å²) in [5, 5.41) is 4.86. The van der Waals surface area contributed by atoms with Gasteiger partial charge in [-0.2, -0.15) is 4.31 Å². The number of anilines is 1. The molecule has 5 nitrogen and oxygen atoms in total. The lowest BCUT2D eigenvalue weighted by atomic mass is 10.0. The number of carbonyl (C=O) groups is 1. The van der Waals surface area contributed by atoms with Crippen molar-refractivity contribution < 1.29 is 13.2 Å². The number of nitrogens with zero attached hydrogens (tertiary/aromatic N) is 1. The van der Waals surface area contributed by atoms with Crippen LogP contribution in [0.4, 0.5) is 5.69 Å². The maximum Gasteiger partial charge on any atom is 0.229 e. The van der Waals surface area contributed by atoms with Gasteiger partial charge < -0.3 is 5.32 Å². The van der Waals surface area contributed by atoms with E-state index >= 15 is 0 Å². The molecule has 1 aromatic carbocycles. The summed E-state index contributed by atoms with van der Waals surface area (Å²) < 4.78 is 26.1. The van der Waals surface area contributed by atoms with Crippen molar-refractivity contribution in [1.82, 2.24) is 4.31 Å². The predicted molar refractivity (Wildman–Crippen MR) is 101 cm³/mol. The van der Waals surface area contributed by atoms with E-state index < -0.39 is 10.0 Å². The Morgan fingerprint density at radius 3 is 2.84 bits per heavy atom. The minimum atomic E-state index is -3.20. The normalized spacial score (nSPS) is 14.9. The molecule has 0 fully saturated rings. The van der Waals surface area contributed by atoms with Crippen LogP contribution in [0.15, 0.2) is 35.7 Å². The van der Waals surface area contributed by atoms with Crippen LogP contribution in [0.25, 0.3) is 0 Å². The molecule has 134 valence electrons. The Labute approximate surface area is 152 Å². The summed E-state index contributed by atoms with van der Waals surface area (Å²) in [5.41, 5.74) is 2.84. The van der Waals surface area contributed by atoms with E-state index in [1.807, 2.05) is 42.6 Å². The highest BCUT2D eigenvalue weighted by Crippen LogP contribution is 2.25. The van der Waals surface area contributed by atoms with E-state index in [0.717, 1.165) is 21.7 Å². The molecule has 7 heteroatoms. The van der Waals surface area contributed by atoms with Crippen LogP contribution in [0.2, 0.25) is 0 Å². The van der Waals surface area contributed by atoms with Crippen LogP contribution in [0.5, 0.6) is 0 Å². The van der Waals surface area contributed by atoms with Crippen molar-refractivity contribution in [2.75, 3.05) is 17.6 Å². The van der Waals surface area contributed by atoms with Gasteiger partial charge in [-0.25, -0.2) is 8.42 Å². The third kappa shape index (κ3) is 4.48. The Morgan fingerprint density at radius 2 is 2.12 bits per heavy atom. The molecular weight excluding hydrogens is 356 g/mol. The third-order valence-electron chi connectivity index (χ3n) is 4.24. The Hall–Kier alpha value is -1.70. The molecular formula is C18H22N2O3S2. The summed E-state index contributed by atoms with van der Waals surface area (Å²) in [6.45, 7) is 2.78. The van der Waals surface area contributed by atoms with Crippen molar-refractivity contribution in [3.63, 3.8) is 0 Å². The maximum absolute atomic E-state index is 12.3. The van der Waals surface area contributed by atoms with Crippen LogP contribution in [0, 0.1) is 0 Å². The van der Waals surface area contributed by atoms with E-state index in [2.05, 4.69) is 5.32 Å². The Morgan fingerprint density at radius 1 is 1.28 bits per heavy atom. The second kappa shape index (κ2) is 7.68. The Bertz CT molecular complexity index is 845. The first-order chi connectivity index (χ1) is 12.0. The lowest BCUT2D eigenvalue weighted by Crippen LogP contribution is -2.37. The number of thiophene rings is 1. The average Bonchev–Trinajstić information content (AvgIpc) is 3.07. The molecule has 1 aliphatic heterocycles. The third-order valence-corrected chi connectivity index (χ3v) is 7.14. The first-order valence-electron chi connectivity index (χ1n) is 8.40. The lowest BCUT2D eigenvalue weighted by Gasteiger charge is -2.28. The molecule has 0 radical (unpaired) electrons. The number of hydrogen-bond donors (Lipinski definition) is 1. The standard InChI is InChI=1S/C18H22N2O3S2/c1-2-10-25(22,23)20-8-7-14-5-6-16(11-15(14)13-20)19-18(21)12-17-4-3-9-24-17/h3-6,9,11H,2,7-8,10,12-13H2,1H3,(H,19,21). The van der Waals surface area contributed by atoms with E-state index in [1.54, 1.807) is 15.6 Å². The highest BCUT2D eigenvalue weighted by atomic mass is 32.2. The van der Waals surface area contributed by atoms with Gasteiger partial charge in [0.2, 0.25) is 15.9 Å². The van der Waals surface area contributed by atoms with Gasteiger partial charge in [0.15, 0.2) is 0 Å². The Kier molecular flexibility index (Phi) is 5.56. The van der Waals surface area contributed by atoms with Gasteiger partial charge in [-0.3, -0.25) is 4.79 Å². The summed E-state index contributed by atoms with van der Waals surface area (Å²) in [4.78, 5) is 13.2. The van der Waals surface area contributed by atoms with Crippen molar-refractivity contribution in [3.05, 3.63) is 51.7 Å². The number of sulfonamides is 1. The van der Waals surface area contributed by atoms with E-state index in [9.17, 15) is 13.2 Å². The summed E-state index contributed by atoms with van der Waals surface area (Å²) in [5.74, 6) is 0.119. The van der Waals surface area contributed by atoms with Crippen molar-refractivity contribution in [1.29, 1.82) is 0 Å².